The van der Waals surface area contributed by atoms with Crippen LogP contribution in [0.15, 0.2) is 24.3 Å². The normalized spacial score (nSPS) is 23.6. The second kappa shape index (κ2) is 9.70. The molecule has 2 nitrogen and oxygen atoms in total. The van der Waals surface area contributed by atoms with Gasteiger partial charge in [-0.2, -0.15) is 0 Å². The molecule has 0 amide bonds. The Bertz CT molecular complexity index is 475. The van der Waals surface area contributed by atoms with Gasteiger partial charge in [0.1, 0.15) is 0 Å². The largest absolute Gasteiger partial charge is 0.412 e. The highest BCUT2D eigenvalue weighted by atomic mass is 28.4. The van der Waals surface area contributed by atoms with Gasteiger partial charge in [0.2, 0.25) is 0 Å². The number of allylic oxidation sites excluding steroid dienone is 1. The van der Waals surface area contributed by atoms with Gasteiger partial charge in [0, 0.05) is 5.92 Å². The lowest BCUT2D eigenvalue weighted by atomic mass is 9.87. The minimum atomic E-state index is -1.81. The van der Waals surface area contributed by atoms with Crippen LogP contribution in [0, 0.1) is 5.92 Å². The number of unbranched alkanes of at least 4 members (excludes halogenated alkanes) is 2. The van der Waals surface area contributed by atoms with Crippen molar-refractivity contribution in [1.82, 2.24) is 0 Å². The van der Waals surface area contributed by atoms with Gasteiger partial charge in [-0.25, -0.2) is 0 Å². The molecular weight excluding hydrogens is 336 g/mol. The highest BCUT2D eigenvalue weighted by Crippen LogP contribution is 2.43. The molecule has 1 unspecified atom stereocenters. The molecule has 0 aliphatic heterocycles. The number of hydrogen-bond acceptors (Lipinski definition) is 2. The molecular formula is C23H44O2Si. The zero-order chi connectivity index (χ0) is 20.0. The standard InChI is InChI=1S/C23H44O2Si/c1-9-11-12-17-23(6,25-26(7,8)22(3,4)5)18-16-19-14-15-21(24)20(19)13-10-2/h10,14,20-21,24H,2,9,11-13,15-18H2,1,3-8H3/t20-,21+,23?/m1/s1. The molecule has 0 bridgehead atoms. The number of hydrogen-bond donors (Lipinski definition) is 1. The van der Waals surface area contributed by atoms with E-state index >= 15 is 0 Å². The van der Waals surface area contributed by atoms with Gasteiger partial charge in [-0.15, -0.1) is 6.58 Å². The zero-order valence-electron chi connectivity index (χ0n) is 18.5. The van der Waals surface area contributed by atoms with Gasteiger partial charge in [-0.05, 0) is 57.2 Å². The van der Waals surface area contributed by atoms with E-state index in [1.54, 1.807) is 0 Å². The molecule has 3 atom stereocenters. The van der Waals surface area contributed by atoms with E-state index in [1.807, 2.05) is 6.08 Å². The van der Waals surface area contributed by atoms with Crippen LogP contribution in [-0.4, -0.2) is 25.1 Å². The van der Waals surface area contributed by atoms with Crippen molar-refractivity contribution in [3.63, 3.8) is 0 Å². The predicted octanol–water partition coefficient (Wildman–Crippen LogP) is 7.01. The predicted molar refractivity (Wildman–Crippen MR) is 117 cm³/mol. The van der Waals surface area contributed by atoms with Gasteiger partial charge in [-0.1, -0.05) is 64.7 Å². The van der Waals surface area contributed by atoms with E-state index < -0.39 is 8.32 Å². The van der Waals surface area contributed by atoms with Crippen molar-refractivity contribution in [2.24, 2.45) is 5.92 Å². The second-order valence-corrected chi connectivity index (χ2v) is 14.7. The summed E-state index contributed by atoms with van der Waals surface area (Å²) in [6.07, 6.45) is 12.6. The van der Waals surface area contributed by atoms with Gasteiger partial charge in [-0.3, -0.25) is 0 Å². The van der Waals surface area contributed by atoms with Crippen LogP contribution in [-0.2, 0) is 4.43 Å². The first-order chi connectivity index (χ1) is 12.0. The lowest BCUT2D eigenvalue weighted by Gasteiger charge is -2.45. The molecule has 0 aromatic heterocycles. The lowest BCUT2D eigenvalue weighted by Crippen LogP contribution is -2.48. The summed E-state index contributed by atoms with van der Waals surface area (Å²) >= 11 is 0. The van der Waals surface area contributed by atoms with Crippen LogP contribution in [0.3, 0.4) is 0 Å². The van der Waals surface area contributed by atoms with E-state index in [-0.39, 0.29) is 22.7 Å². The first-order valence-electron chi connectivity index (χ1n) is 10.6. The van der Waals surface area contributed by atoms with Gasteiger partial charge in [0.05, 0.1) is 11.7 Å². The van der Waals surface area contributed by atoms with Crippen molar-refractivity contribution in [3.05, 3.63) is 24.3 Å². The van der Waals surface area contributed by atoms with Crippen molar-refractivity contribution >= 4 is 8.32 Å². The van der Waals surface area contributed by atoms with Gasteiger partial charge >= 0.3 is 0 Å². The van der Waals surface area contributed by atoms with Gasteiger partial charge < -0.3 is 9.53 Å². The maximum Gasteiger partial charge on any atom is 0.192 e. The van der Waals surface area contributed by atoms with Crippen LogP contribution in [0.5, 0.6) is 0 Å². The van der Waals surface area contributed by atoms with E-state index in [9.17, 15) is 5.11 Å². The SMILES string of the molecule is C=CC[C@@H]1C(CCC(C)(CCCCC)O[Si](C)(C)C(C)(C)C)=CC[C@@H]1O. The summed E-state index contributed by atoms with van der Waals surface area (Å²) in [6, 6.07) is 0. The fourth-order valence-electron chi connectivity index (χ4n) is 3.76. The summed E-state index contributed by atoms with van der Waals surface area (Å²) < 4.78 is 6.95. The summed E-state index contributed by atoms with van der Waals surface area (Å²) in [5.41, 5.74) is 1.35. The highest BCUT2D eigenvalue weighted by molar-refractivity contribution is 6.74. The van der Waals surface area contributed by atoms with E-state index in [2.05, 4.69) is 60.4 Å². The zero-order valence-corrected chi connectivity index (χ0v) is 19.5. The van der Waals surface area contributed by atoms with Gasteiger partial charge in [0.25, 0.3) is 0 Å². The Morgan fingerprint density at radius 1 is 1.23 bits per heavy atom. The van der Waals surface area contributed by atoms with Crippen molar-refractivity contribution in [1.29, 1.82) is 0 Å². The Morgan fingerprint density at radius 3 is 2.42 bits per heavy atom. The molecule has 1 aliphatic carbocycles. The topological polar surface area (TPSA) is 29.5 Å². The molecule has 1 N–H and O–H groups in total. The molecule has 1 rings (SSSR count). The number of aliphatic hydroxyl groups is 1. The van der Waals surface area contributed by atoms with Crippen LogP contribution < -0.4 is 0 Å². The molecule has 0 fully saturated rings. The van der Waals surface area contributed by atoms with Crippen molar-refractivity contribution < 1.29 is 9.53 Å². The Balaban J connectivity index is 2.84. The van der Waals surface area contributed by atoms with E-state index in [0.29, 0.717) is 0 Å². The summed E-state index contributed by atoms with van der Waals surface area (Å²) in [7, 11) is -1.81. The Hall–Kier alpha value is -0.383. The third kappa shape index (κ3) is 6.65. The van der Waals surface area contributed by atoms with Crippen molar-refractivity contribution in [2.45, 2.75) is 116 Å². The molecule has 0 spiro atoms. The maximum absolute atomic E-state index is 10.3. The molecule has 152 valence electrons. The third-order valence-electron chi connectivity index (χ3n) is 6.54. The molecule has 26 heavy (non-hydrogen) atoms. The Morgan fingerprint density at radius 2 is 1.88 bits per heavy atom. The minimum absolute atomic E-state index is 0.0642. The average molecular weight is 381 g/mol. The van der Waals surface area contributed by atoms with Crippen LogP contribution >= 0.6 is 0 Å². The fraction of sp³-hybridized carbons (Fsp3) is 0.826. The summed E-state index contributed by atoms with van der Waals surface area (Å²) in [4.78, 5) is 0. The molecule has 0 heterocycles. The minimum Gasteiger partial charge on any atom is -0.412 e. The van der Waals surface area contributed by atoms with Crippen LogP contribution in [0.25, 0.3) is 0 Å². The number of aliphatic hydroxyl groups excluding tert-OH is 1. The van der Waals surface area contributed by atoms with E-state index in [0.717, 1.165) is 32.1 Å². The van der Waals surface area contributed by atoms with Crippen molar-refractivity contribution in [3.8, 4) is 0 Å². The van der Waals surface area contributed by atoms with Crippen LogP contribution in [0.1, 0.15) is 86.0 Å². The van der Waals surface area contributed by atoms with Crippen molar-refractivity contribution in [2.75, 3.05) is 0 Å². The van der Waals surface area contributed by atoms with E-state index in [4.69, 9.17) is 4.43 Å². The fourth-order valence-corrected chi connectivity index (χ4v) is 5.51. The quantitative estimate of drug-likeness (QED) is 0.237. The summed E-state index contributed by atoms with van der Waals surface area (Å²) in [5.74, 6) is 0.264. The third-order valence-corrected chi connectivity index (χ3v) is 11.2. The molecule has 0 saturated heterocycles. The molecule has 0 aromatic carbocycles. The first-order valence-corrected chi connectivity index (χ1v) is 13.5. The molecule has 3 heteroatoms. The maximum atomic E-state index is 10.3. The average Bonchev–Trinajstić information content (AvgIpc) is 2.85. The summed E-state index contributed by atoms with van der Waals surface area (Å²) in [6.45, 7) is 20.2. The Labute approximate surface area is 164 Å². The smallest absolute Gasteiger partial charge is 0.192 e. The van der Waals surface area contributed by atoms with Crippen LogP contribution in [0.4, 0.5) is 0 Å². The number of rotatable bonds is 11. The monoisotopic (exact) mass is 380 g/mol. The summed E-state index contributed by atoms with van der Waals surface area (Å²) in [5, 5.41) is 10.5. The Kier molecular flexibility index (Phi) is 8.83. The second-order valence-electron chi connectivity index (χ2n) is 9.98. The van der Waals surface area contributed by atoms with Crippen LogP contribution in [0.2, 0.25) is 18.1 Å². The first kappa shape index (κ1) is 23.7. The highest BCUT2D eigenvalue weighted by Gasteiger charge is 2.43. The molecule has 0 radical (unpaired) electrons. The lowest BCUT2D eigenvalue weighted by molar-refractivity contribution is 0.0502. The molecule has 1 aliphatic rings. The van der Waals surface area contributed by atoms with Gasteiger partial charge in [0.15, 0.2) is 8.32 Å². The molecule has 0 saturated carbocycles. The molecule has 0 aromatic rings. The van der Waals surface area contributed by atoms with E-state index in [1.165, 1.54) is 24.8 Å².